The van der Waals surface area contributed by atoms with Crippen LogP contribution in [-0.4, -0.2) is 28.6 Å². The highest BCUT2D eigenvalue weighted by molar-refractivity contribution is 5.56. The fourth-order valence-electron chi connectivity index (χ4n) is 1.51. The third-order valence-corrected chi connectivity index (χ3v) is 2.38. The van der Waals surface area contributed by atoms with E-state index in [4.69, 9.17) is 4.74 Å². The number of nitrogens with zero attached hydrogens (tertiary/aromatic N) is 3. The van der Waals surface area contributed by atoms with Crippen LogP contribution in [0.2, 0.25) is 0 Å². The molecule has 0 saturated carbocycles. The highest BCUT2D eigenvalue weighted by Gasteiger charge is 2.14. The first-order valence-corrected chi connectivity index (χ1v) is 5.99. The smallest absolute Gasteiger partial charge is 0.322 e. The Morgan fingerprint density at radius 1 is 1.05 bits per heavy atom. The number of halogens is 3. The molecule has 0 amide bonds. The van der Waals surface area contributed by atoms with Crippen molar-refractivity contribution in [3.63, 3.8) is 0 Å². The number of benzene rings is 1. The second-order valence-corrected chi connectivity index (χ2v) is 3.87. The molecule has 1 aromatic carbocycles. The molecule has 1 aromatic heterocycles. The molecule has 0 saturated heterocycles. The monoisotopic (exact) mass is 299 g/mol. The lowest BCUT2D eigenvalue weighted by molar-refractivity contribution is 0.379. The van der Waals surface area contributed by atoms with Crippen LogP contribution in [0.4, 0.5) is 30.8 Å². The molecule has 112 valence electrons. The molecule has 2 aromatic rings. The van der Waals surface area contributed by atoms with Crippen LogP contribution in [0.25, 0.3) is 0 Å². The largest absolute Gasteiger partial charge is 0.467 e. The van der Waals surface area contributed by atoms with Gasteiger partial charge in [-0.1, -0.05) is 0 Å². The topological polar surface area (TPSA) is 72.0 Å². The molecule has 6 nitrogen and oxygen atoms in total. The molecule has 2 N–H and O–H groups in total. The van der Waals surface area contributed by atoms with Crippen LogP contribution in [-0.2, 0) is 0 Å². The fourth-order valence-corrected chi connectivity index (χ4v) is 1.51. The fraction of sp³-hybridized carbons (Fsp3) is 0.250. The summed E-state index contributed by atoms with van der Waals surface area (Å²) in [6, 6.07) is 1.07. The quantitative estimate of drug-likeness (QED) is 0.883. The average Bonchev–Trinajstić information content (AvgIpc) is 2.43. The number of hydrogen-bond acceptors (Lipinski definition) is 6. The van der Waals surface area contributed by atoms with Gasteiger partial charge in [-0.2, -0.15) is 15.0 Å². The van der Waals surface area contributed by atoms with Gasteiger partial charge in [-0.15, -0.1) is 0 Å². The number of nitrogens with one attached hydrogen (secondary N) is 2. The van der Waals surface area contributed by atoms with Crippen molar-refractivity contribution < 1.29 is 17.9 Å². The first-order valence-electron chi connectivity index (χ1n) is 5.99. The van der Waals surface area contributed by atoms with Gasteiger partial charge in [-0.05, 0) is 6.92 Å². The van der Waals surface area contributed by atoms with E-state index in [1.54, 1.807) is 0 Å². The highest BCUT2D eigenvalue weighted by atomic mass is 19.1. The Labute approximate surface area is 118 Å². The zero-order valence-corrected chi connectivity index (χ0v) is 11.2. The summed E-state index contributed by atoms with van der Waals surface area (Å²) >= 11 is 0. The van der Waals surface area contributed by atoms with Crippen LogP contribution in [0.15, 0.2) is 12.1 Å². The summed E-state index contributed by atoms with van der Waals surface area (Å²) in [5, 5.41) is 5.16. The van der Waals surface area contributed by atoms with Gasteiger partial charge in [-0.25, -0.2) is 13.2 Å². The van der Waals surface area contributed by atoms with Gasteiger partial charge in [0.1, 0.15) is 11.5 Å². The number of methoxy groups -OCH3 is 1. The third-order valence-electron chi connectivity index (χ3n) is 2.38. The Balaban J connectivity index is 2.37. The van der Waals surface area contributed by atoms with E-state index < -0.39 is 23.1 Å². The van der Waals surface area contributed by atoms with Crippen molar-refractivity contribution in [2.24, 2.45) is 0 Å². The number of rotatable bonds is 5. The van der Waals surface area contributed by atoms with Crippen LogP contribution in [0.5, 0.6) is 6.01 Å². The van der Waals surface area contributed by atoms with Gasteiger partial charge in [0.25, 0.3) is 0 Å². The molecule has 0 bridgehead atoms. The Hall–Kier alpha value is -2.58. The second-order valence-electron chi connectivity index (χ2n) is 3.87. The van der Waals surface area contributed by atoms with E-state index in [0.29, 0.717) is 18.7 Å². The van der Waals surface area contributed by atoms with Gasteiger partial charge in [-0.3, -0.25) is 0 Å². The number of ether oxygens (including phenoxy) is 1. The second kappa shape index (κ2) is 6.25. The van der Waals surface area contributed by atoms with E-state index >= 15 is 0 Å². The van der Waals surface area contributed by atoms with Crippen molar-refractivity contribution in [1.29, 1.82) is 0 Å². The molecule has 0 atom stereocenters. The minimum absolute atomic E-state index is 0.0358. The minimum Gasteiger partial charge on any atom is -0.467 e. The van der Waals surface area contributed by atoms with Crippen LogP contribution in [0.3, 0.4) is 0 Å². The molecular weight excluding hydrogens is 287 g/mol. The molecule has 0 spiro atoms. The maximum atomic E-state index is 13.6. The number of aromatic nitrogens is 3. The minimum atomic E-state index is -1.10. The van der Waals surface area contributed by atoms with Crippen molar-refractivity contribution in [3.8, 4) is 6.01 Å². The zero-order valence-electron chi connectivity index (χ0n) is 11.2. The van der Waals surface area contributed by atoms with Gasteiger partial charge < -0.3 is 15.4 Å². The molecule has 0 aliphatic rings. The number of anilines is 3. The molecule has 0 radical (unpaired) electrons. The van der Waals surface area contributed by atoms with Crippen molar-refractivity contribution in [2.45, 2.75) is 6.92 Å². The normalized spacial score (nSPS) is 10.3. The van der Waals surface area contributed by atoms with Crippen LogP contribution < -0.4 is 15.4 Å². The summed E-state index contributed by atoms with van der Waals surface area (Å²) in [6.07, 6.45) is 0. The van der Waals surface area contributed by atoms with Crippen LogP contribution in [0.1, 0.15) is 6.92 Å². The lowest BCUT2D eigenvalue weighted by Crippen LogP contribution is -2.09. The third kappa shape index (κ3) is 3.50. The molecule has 0 aliphatic carbocycles. The standard InChI is InChI=1S/C12H12F3N5O/c1-3-16-10-18-11(20-12(19-10)21-2)17-9-7(14)4-6(13)5-8(9)15/h4-5H,3H2,1-2H3,(H2,16,17,18,19,20). The summed E-state index contributed by atoms with van der Waals surface area (Å²) in [7, 11) is 1.34. The molecule has 1 heterocycles. The SMILES string of the molecule is CCNc1nc(Nc2c(F)cc(F)cc2F)nc(OC)n1. The van der Waals surface area contributed by atoms with Crippen LogP contribution >= 0.6 is 0 Å². The van der Waals surface area contributed by atoms with Gasteiger partial charge >= 0.3 is 6.01 Å². The van der Waals surface area contributed by atoms with Crippen LogP contribution in [0, 0.1) is 17.5 Å². The maximum Gasteiger partial charge on any atom is 0.322 e. The van der Waals surface area contributed by atoms with E-state index in [-0.39, 0.29) is 17.9 Å². The summed E-state index contributed by atoms with van der Waals surface area (Å²) in [4.78, 5) is 11.6. The van der Waals surface area contributed by atoms with E-state index in [0.717, 1.165) is 0 Å². The van der Waals surface area contributed by atoms with E-state index in [9.17, 15) is 13.2 Å². The lowest BCUT2D eigenvalue weighted by atomic mass is 10.3. The maximum absolute atomic E-state index is 13.6. The molecule has 9 heteroatoms. The first-order chi connectivity index (χ1) is 10.0. The Bertz CT molecular complexity index is 630. The molecule has 0 fully saturated rings. The predicted molar refractivity (Wildman–Crippen MR) is 70.1 cm³/mol. The Morgan fingerprint density at radius 3 is 2.24 bits per heavy atom. The molecule has 0 unspecified atom stereocenters. The van der Waals surface area contributed by atoms with E-state index in [2.05, 4.69) is 25.6 Å². The van der Waals surface area contributed by atoms with Gasteiger partial charge in [0.15, 0.2) is 11.6 Å². The van der Waals surface area contributed by atoms with Gasteiger partial charge in [0.2, 0.25) is 11.9 Å². The van der Waals surface area contributed by atoms with Crippen molar-refractivity contribution in [2.75, 3.05) is 24.3 Å². The lowest BCUT2D eigenvalue weighted by Gasteiger charge is -2.10. The molecule has 21 heavy (non-hydrogen) atoms. The predicted octanol–water partition coefficient (Wildman–Crippen LogP) is 2.47. The Kier molecular flexibility index (Phi) is 4.41. The first kappa shape index (κ1) is 14.8. The average molecular weight is 299 g/mol. The van der Waals surface area contributed by atoms with Gasteiger partial charge in [0, 0.05) is 18.7 Å². The Morgan fingerprint density at radius 2 is 1.67 bits per heavy atom. The van der Waals surface area contributed by atoms with Crippen molar-refractivity contribution >= 4 is 17.6 Å². The molecular formula is C12H12F3N5O. The summed E-state index contributed by atoms with van der Waals surface area (Å²) in [5.41, 5.74) is -0.563. The highest BCUT2D eigenvalue weighted by Crippen LogP contribution is 2.23. The van der Waals surface area contributed by atoms with Crippen molar-refractivity contribution in [1.82, 2.24) is 15.0 Å². The van der Waals surface area contributed by atoms with Crippen molar-refractivity contribution in [3.05, 3.63) is 29.6 Å². The van der Waals surface area contributed by atoms with E-state index in [1.807, 2.05) is 6.92 Å². The van der Waals surface area contributed by atoms with Gasteiger partial charge in [0.05, 0.1) is 7.11 Å². The van der Waals surface area contributed by atoms with E-state index in [1.165, 1.54) is 7.11 Å². The molecule has 2 rings (SSSR count). The summed E-state index contributed by atoms with van der Waals surface area (Å²) < 4.78 is 44.9. The summed E-state index contributed by atoms with van der Waals surface area (Å²) in [6.45, 7) is 2.36. The zero-order chi connectivity index (χ0) is 15.4. The number of hydrogen-bond donors (Lipinski definition) is 2. The molecule has 0 aliphatic heterocycles. The summed E-state index contributed by atoms with van der Waals surface area (Å²) in [5.74, 6) is -3.18.